The van der Waals surface area contributed by atoms with Crippen molar-refractivity contribution in [1.29, 1.82) is 0 Å². The molecule has 0 radical (unpaired) electrons. The molecule has 0 atom stereocenters. The van der Waals surface area contributed by atoms with Crippen molar-refractivity contribution in [2.45, 2.75) is 45.6 Å². The number of nitrogens with two attached hydrogens (primary N) is 1. The molecule has 0 aliphatic rings. The van der Waals surface area contributed by atoms with Gasteiger partial charge in [-0.15, -0.1) is 0 Å². The van der Waals surface area contributed by atoms with Crippen LogP contribution in [0.25, 0.3) is 0 Å². The van der Waals surface area contributed by atoms with Gasteiger partial charge in [0, 0.05) is 12.0 Å². The largest absolute Gasteiger partial charge is 0.493 e. The van der Waals surface area contributed by atoms with Gasteiger partial charge in [0.1, 0.15) is 5.75 Å². The SMILES string of the molecule is CCCOc1ccccc1C(=O)CCC(C)(C)N. The van der Waals surface area contributed by atoms with Gasteiger partial charge in [-0.2, -0.15) is 0 Å². The summed E-state index contributed by atoms with van der Waals surface area (Å²) in [4.78, 5) is 12.1. The molecule has 0 spiro atoms. The molecule has 0 fully saturated rings. The molecule has 0 bridgehead atoms. The van der Waals surface area contributed by atoms with Gasteiger partial charge in [-0.25, -0.2) is 0 Å². The summed E-state index contributed by atoms with van der Waals surface area (Å²) < 4.78 is 5.59. The molecule has 3 heteroatoms. The maximum atomic E-state index is 12.1. The Bertz CT molecular complexity index is 394. The second kappa shape index (κ2) is 6.55. The lowest BCUT2D eigenvalue weighted by Crippen LogP contribution is -2.32. The van der Waals surface area contributed by atoms with E-state index >= 15 is 0 Å². The highest BCUT2D eigenvalue weighted by atomic mass is 16.5. The maximum Gasteiger partial charge on any atom is 0.166 e. The van der Waals surface area contributed by atoms with Crippen molar-refractivity contribution < 1.29 is 9.53 Å². The highest BCUT2D eigenvalue weighted by Crippen LogP contribution is 2.21. The molecule has 3 nitrogen and oxygen atoms in total. The molecule has 0 saturated heterocycles. The number of ketones is 1. The number of ether oxygens (including phenoxy) is 1. The van der Waals surface area contributed by atoms with Crippen molar-refractivity contribution in [3.05, 3.63) is 29.8 Å². The van der Waals surface area contributed by atoms with Gasteiger partial charge < -0.3 is 10.5 Å². The Morgan fingerprint density at radius 1 is 1.33 bits per heavy atom. The van der Waals surface area contributed by atoms with Crippen LogP contribution in [0.4, 0.5) is 0 Å². The first kappa shape index (κ1) is 14.7. The Hall–Kier alpha value is -1.35. The standard InChI is InChI=1S/C15H23NO2/c1-4-11-18-14-8-6-5-7-12(14)13(17)9-10-15(2,3)16/h5-8H,4,9-11,16H2,1-3H3. The van der Waals surface area contributed by atoms with E-state index in [1.165, 1.54) is 0 Å². The van der Waals surface area contributed by atoms with E-state index in [1.54, 1.807) is 0 Å². The average Bonchev–Trinajstić information content (AvgIpc) is 2.33. The Kier molecular flexibility index (Phi) is 5.35. The van der Waals surface area contributed by atoms with E-state index in [0.717, 1.165) is 6.42 Å². The minimum Gasteiger partial charge on any atom is -0.493 e. The Balaban J connectivity index is 2.72. The summed E-state index contributed by atoms with van der Waals surface area (Å²) in [5, 5.41) is 0. The highest BCUT2D eigenvalue weighted by molar-refractivity contribution is 5.98. The summed E-state index contributed by atoms with van der Waals surface area (Å²) in [6.45, 7) is 6.54. The molecule has 100 valence electrons. The fraction of sp³-hybridized carbons (Fsp3) is 0.533. The second-order valence-corrected chi connectivity index (χ2v) is 5.26. The summed E-state index contributed by atoms with van der Waals surface area (Å²) in [6.07, 6.45) is 2.06. The number of Topliss-reactive ketones (excluding diaryl/α,β-unsaturated/α-hetero) is 1. The van der Waals surface area contributed by atoms with Gasteiger partial charge >= 0.3 is 0 Å². The normalized spacial score (nSPS) is 11.3. The van der Waals surface area contributed by atoms with Crippen LogP contribution in [0.5, 0.6) is 5.75 Å². The number of para-hydroxylation sites is 1. The molecule has 0 aromatic heterocycles. The van der Waals surface area contributed by atoms with Crippen molar-refractivity contribution in [2.24, 2.45) is 5.73 Å². The van der Waals surface area contributed by atoms with E-state index in [9.17, 15) is 4.79 Å². The fourth-order valence-electron chi connectivity index (χ4n) is 1.61. The average molecular weight is 249 g/mol. The van der Waals surface area contributed by atoms with Gasteiger partial charge in [0.05, 0.1) is 12.2 Å². The second-order valence-electron chi connectivity index (χ2n) is 5.26. The van der Waals surface area contributed by atoms with Crippen LogP contribution in [0.1, 0.15) is 50.4 Å². The Morgan fingerprint density at radius 2 is 2.00 bits per heavy atom. The minimum atomic E-state index is -0.311. The molecule has 1 aromatic rings. The summed E-state index contributed by atoms with van der Waals surface area (Å²) in [6, 6.07) is 7.40. The van der Waals surface area contributed by atoms with Crippen LogP contribution in [0.2, 0.25) is 0 Å². The van der Waals surface area contributed by atoms with Crippen LogP contribution in [0.3, 0.4) is 0 Å². The molecule has 18 heavy (non-hydrogen) atoms. The van der Waals surface area contributed by atoms with E-state index < -0.39 is 0 Å². The summed E-state index contributed by atoms with van der Waals surface area (Å²) in [7, 11) is 0. The van der Waals surface area contributed by atoms with Gasteiger partial charge in [-0.1, -0.05) is 19.1 Å². The number of benzene rings is 1. The molecule has 0 heterocycles. The molecule has 0 aliphatic heterocycles. The first-order valence-electron chi connectivity index (χ1n) is 6.48. The van der Waals surface area contributed by atoms with Crippen molar-refractivity contribution in [2.75, 3.05) is 6.61 Å². The van der Waals surface area contributed by atoms with E-state index in [0.29, 0.717) is 30.8 Å². The van der Waals surface area contributed by atoms with Gasteiger partial charge in [-0.3, -0.25) is 4.79 Å². The Labute approximate surface area is 109 Å². The number of carbonyl (C=O) groups is 1. The van der Waals surface area contributed by atoms with Crippen LogP contribution in [0.15, 0.2) is 24.3 Å². The monoisotopic (exact) mass is 249 g/mol. The lowest BCUT2D eigenvalue weighted by Gasteiger charge is -2.18. The molecule has 0 unspecified atom stereocenters. The van der Waals surface area contributed by atoms with Crippen LogP contribution < -0.4 is 10.5 Å². The molecule has 1 aromatic carbocycles. The molecule has 1 rings (SSSR count). The lowest BCUT2D eigenvalue weighted by atomic mass is 9.96. The van der Waals surface area contributed by atoms with E-state index in [4.69, 9.17) is 10.5 Å². The topological polar surface area (TPSA) is 52.3 Å². The quantitative estimate of drug-likeness (QED) is 0.755. The summed E-state index contributed by atoms with van der Waals surface area (Å²) >= 11 is 0. The predicted molar refractivity (Wildman–Crippen MR) is 74.1 cm³/mol. The third-order valence-electron chi connectivity index (χ3n) is 2.65. The number of hydrogen-bond donors (Lipinski definition) is 1. The number of rotatable bonds is 7. The van der Waals surface area contributed by atoms with Crippen LogP contribution >= 0.6 is 0 Å². The first-order valence-corrected chi connectivity index (χ1v) is 6.48. The molecule has 0 saturated carbocycles. The molecular weight excluding hydrogens is 226 g/mol. The van der Waals surface area contributed by atoms with E-state index in [-0.39, 0.29) is 11.3 Å². The molecule has 0 amide bonds. The lowest BCUT2D eigenvalue weighted by molar-refractivity contribution is 0.0968. The number of carbonyl (C=O) groups excluding carboxylic acids is 1. The van der Waals surface area contributed by atoms with Gasteiger partial charge in [-0.05, 0) is 38.8 Å². The van der Waals surface area contributed by atoms with Crippen molar-refractivity contribution in [1.82, 2.24) is 0 Å². The zero-order valence-electron chi connectivity index (χ0n) is 11.5. The van der Waals surface area contributed by atoms with Gasteiger partial charge in [0.2, 0.25) is 0 Å². The van der Waals surface area contributed by atoms with Crippen LogP contribution in [-0.2, 0) is 0 Å². The van der Waals surface area contributed by atoms with Crippen molar-refractivity contribution in [3.63, 3.8) is 0 Å². The zero-order chi connectivity index (χ0) is 13.6. The van der Waals surface area contributed by atoms with E-state index in [1.807, 2.05) is 45.0 Å². The third kappa shape index (κ3) is 4.88. The third-order valence-corrected chi connectivity index (χ3v) is 2.65. The van der Waals surface area contributed by atoms with E-state index in [2.05, 4.69) is 0 Å². The van der Waals surface area contributed by atoms with Crippen LogP contribution in [0, 0.1) is 0 Å². The first-order chi connectivity index (χ1) is 8.44. The van der Waals surface area contributed by atoms with Gasteiger partial charge in [0.15, 0.2) is 5.78 Å². The van der Waals surface area contributed by atoms with Gasteiger partial charge in [0.25, 0.3) is 0 Å². The smallest absolute Gasteiger partial charge is 0.166 e. The fourth-order valence-corrected chi connectivity index (χ4v) is 1.61. The molecule has 0 aliphatic carbocycles. The summed E-state index contributed by atoms with van der Waals surface area (Å²) in [5.41, 5.74) is 6.25. The minimum absolute atomic E-state index is 0.0974. The predicted octanol–water partition coefficient (Wildman–Crippen LogP) is 3.18. The molecular formula is C15H23NO2. The van der Waals surface area contributed by atoms with Crippen LogP contribution in [-0.4, -0.2) is 17.9 Å². The maximum absolute atomic E-state index is 12.1. The Morgan fingerprint density at radius 3 is 2.61 bits per heavy atom. The highest BCUT2D eigenvalue weighted by Gasteiger charge is 2.16. The molecule has 2 N–H and O–H groups in total. The van der Waals surface area contributed by atoms with Crippen molar-refractivity contribution >= 4 is 5.78 Å². The van der Waals surface area contributed by atoms with Crippen molar-refractivity contribution in [3.8, 4) is 5.75 Å². The summed E-state index contributed by atoms with van der Waals surface area (Å²) in [5.74, 6) is 0.777. The zero-order valence-corrected chi connectivity index (χ0v) is 11.5. The number of hydrogen-bond acceptors (Lipinski definition) is 3.